The van der Waals surface area contributed by atoms with Crippen LogP contribution in [0.1, 0.15) is 22.3 Å². The highest BCUT2D eigenvalue weighted by Gasteiger charge is 2.33. The Morgan fingerprint density at radius 2 is 1.79 bits per heavy atom. The van der Waals surface area contributed by atoms with Crippen molar-refractivity contribution < 1.29 is 27.6 Å². The van der Waals surface area contributed by atoms with E-state index in [2.05, 4.69) is 4.99 Å². The molecule has 0 N–H and O–H groups in total. The lowest BCUT2D eigenvalue weighted by atomic mass is 10.1. The highest BCUT2D eigenvalue weighted by molar-refractivity contribution is 14.1. The van der Waals surface area contributed by atoms with Crippen LogP contribution in [0.5, 0.6) is 17.2 Å². The molecule has 0 saturated heterocycles. The molecule has 3 rings (SSSR count). The maximum absolute atomic E-state index is 13.0. The van der Waals surface area contributed by atoms with Crippen molar-refractivity contribution >= 4 is 40.2 Å². The quantitative estimate of drug-likeness (QED) is 0.134. The number of ether oxygens (including phenoxy) is 2. The zero-order chi connectivity index (χ0) is 24.3. The molecule has 0 aliphatic heterocycles. The standard InChI is InChI=1S/C23H18F3IN2O4/c1-13-4-5-14(2)18(8-13)28-12-15-9-17(27)22(21(10-15)32-3)33-20-7-6-16(23(24,25)26)11-19(20)29(30)31/h4-12H,1-3H3. The van der Waals surface area contributed by atoms with Gasteiger partial charge < -0.3 is 9.47 Å². The van der Waals surface area contributed by atoms with Crippen molar-refractivity contribution in [1.29, 1.82) is 0 Å². The third-order valence-corrected chi connectivity index (χ3v) is 5.47. The van der Waals surface area contributed by atoms with Crippen LogP contribution in [0.25, 0.3) is 0 Å². The van der Waals surface area contributed by atoms with Crippen molar-refractivity contribution in [2.45, 2.75) is 20.0 Å². The van der Waals surface area contributed by atoms with Crippen molar-refractivity contribution in [3.05, 3.63) is 84.5 Å². The largest absolute Gasteiger partial charge is 0.493 e. The lowest BCUT2D eigenvalue weighted by molar-refractivity contribution is -0.385. The maximum Gasteiger partial charge on any atom is 0.416 e. The van der Waals surface area contributed by atoms with Crippen LogP contribution in [0.3, 0.4) is 0 Å². The third kappa shape index (κ3) is 5.81. The maximum atomic E-state index is 13.0. The van der Waals surface area contributed by atoms with Gasteiger partial charge >= 0.3 is 11.9 Å². The summed E-state index contributed by atoms with van der Waals surface area (Å²) in [5.74, 6) is 0.0596. The van der Waals surface area contributed by atoms with E-state index in [1.165, 1.54) is 7.11 Å². The molecule has 3 aromatic carbocycles. The summed E-state index contributed by atoms with van der Waals surface area (Å²) < 4.78 is 50.4. The first-order chi connectivity index (χ1) is 15.5. The van der Waals surface area contributed by atoms with Gasteiger partial charge in [-0.1, -0.05) is 12.1 Å². The first-order valence-corrected chi connectivity index (χ1v) is 10.6. The molecule has 33 heavy (non-hydrogen) atoms. The molecule has 0 saturated carbocycles. The molecule has 0 bridgehead atoms. The van der Waals surface area contributed by atoms with Crippen LogP contribution < -0.4 is 9.47 Å². The fourth-order valence-corrected chi connectivity index (χ4v) is 3.68. The summed E-state index contributed by atoms with van der Waals surface area (Å²) in [6, 6.07) is 11.4. The number of rotatable bonds is 6. The minimum Gasteiger partial charge on any atom is -0.493 e. The van der Waals surface area contributed by atoms with Crippen molar-refractivity contribution in [3.8, 4) is 17.2 Å². The Labute approximate surface area is 201 Å². The number of hydrogen-bond donors (Lipinski definition) is 0. The van der Waals surface area contributed by atoms with Gasteiger partial charge in [-0.3, -0.25) is 15.1 Å². The number of aliphatic imine (C=N–C) groups is 1. The first kappa shape index (κ1) is 24.5. The van der Waals surface area contributed by atoms with Gasteiger partial charge in [0.1, 0.15) is 0 Å². The summed E-state index contributed by atoms with van der Waals surface area (Å²) in [6.07, 6.45) is -3.07. The Hall–Kier alpha value is -3.15. The van der Waals surface area contributed by atoms with E-state index in [4.69, 9.17) is 9.47 Å². The summed E-state index contributed by atoms with van der Waals surface area (Å²) in [5.41, 5.74) is 1.63. The van der Waals surface area contributed by atoms with Gasteiger partial charge in [0.2, 0.25) is 5.75 Å². The minimum atomic E-state index is -4.72. The monoisotopic (exact) mass is 570 g/mol. The van der Waals surface area contributed by atoms with Crippen LogP contribution in [-0.2, 0) is 6.18 Å². The first-order valence-electron chi connectivity index (χ1n) is 9.52. The van der Waals surface area contributed by atoms with Gasteiger partial charge in [-0.2, -0.15) is 13.2 Å². The molecular formula is C23H18F3IN2O4. The number of nitro benzene ring substituents is 1. The van der Waals surface area contributed by atoms with Gasteiger partial charge in [0.05, 0.1) is 26.9 Å². The summed E-state index contributed by atoms with van der Waals surface area (Å²) in [4.78, 5) is 15.0. The number of alkyl halides is 3. The Morgan fingerprint density at radius 1 is 1.06 bits per heavy atom. The van der Waals surface area contributed by atoms with E-state index in [0.717, 1.165) is 28.9 Å². The van der Waals surface area contributed by atoms with E-state index in [1.807, 2.05) is 54.6 Å². The van der Waals surface area contributed by atoms with Crippen molar-refractivity contribution in [2.75, 3.05) is 7.11 Å². The molecule has 0 unspecified atom stereocenters. The Kier molecular flexibility index (Phi) is 7.25. The molecule has 0 atom stereocenters. The van der Waals surface area contributed by atoms with Crippen molar-refractivity contribution in [3.63, 3.8) is 0 Å². The SMILES string of the molecule is COc1cc(C=Nc2cc(C)ccc2C)cc(I)c1Oc1ccc(C(F)(F)F)cc1[N+](=O)[O-]. The average molecular weight is 570 g/mol. The molecule has 0 aliphatic rings. The van der Waals surface area contributed by atoms with Crippen molar-refractivity contribution in [2.24, 2.45) is 4.99 Å². The van der Waals surface area contributed by atoms with Crippen molar-refractivity contribution in [1.82, 2.24) is 0 Å². The van der Waals surface area contributed by atoms with Crippen LogP contribution in [0, 0.1) is 27.5 Å². The van der Waals surface area contributed by atoms with E-state index in [-0.39, 0.29) is 17.2 Å². The van der Waals surface area contributed by atoms with Crippen LogP contribution >= 0.6 is 22.6 Å². The summed E-state index contributed by atoms with van der Waals surface area (Å²) in [7, 11) is 1.39. The van der Waals surface area contributed by atoms with Gasteiger partial charge in [-0.05, 0) is 83.5 Å². The summed E-state index contributed by atoms with van der Waals surface area (Å²) >= 11 is 1.96. The number of benzene rings is 3. The molecule has 172 valence electrons. The number of methoxy groups -OCH3 is 1. The van der Waals surface area contributed by atoms with Crippen LogP contribution in [-0.4, -0.2) is 18.2 Å². The molecule has 0 heterocycles. The number of halogens is 4. The topological polar surface area (TPSA) is 74.0 Å². The zero-order valence-electron chi connectivity index (χ0n) is 17.7. The van der Waals surface area contributed by atoms with Gasteiger partial charge in [0.15, 0.2) is 11.5 Å². The third-order valence-electron chi connectivity index (χ3n) is 4.66. The lowest BCUT2D eigenvalue weighted by Gasteiger charge is -2.14. The van der Waals surface area contributed by atoms with E-state index < -0.39 is 22.4 Å². The fourth-order valence-electron chi connectivity index (χ4n) is 2.95. The normalized spacial score (nSPS) is 11.6. The van der Waals surface area contributed by atoms with Crippen LogP contribution in [0.2, 0.25) is 0 Å². The highest BCUT2D eigenvalue weighted by Crippen LogP contribution is 2.42. The van der Waals surface area contributed by atoms with Gasteiger partial charge in [0.25, 0.3) is 0 Å². The smallest absolute Gasteiger partial charge is 0.416 e. The molecule has 0 aromatic heterocycles. The second-order valence-corrected chi connectivity index (χ2v) is 8.28. The lowest BCUT2D eigenvalue weighted by Crippen LogP contribution is -2.06. The molecule has 0 radical (unpaired) electrons. The number of nitro groups is 1. The molecule has 0 fully saturated rings. The molecule has 10 heteroatoms. The van der Waals surface area contributed by atoms with E-state index in [1.54, 1.807) is 18.3 Å². The Morgan fingerprint density at radius 3 is 2.42 bits per heavy atom. The molecule has 3 aromatic rings. The fraction of sp³-hybridized carbons (Fsp3) is 0.174. The minimum absolute atomic E-state index is 0.143. The predicted octanol–water partition coefficient (Wildman–Crippen LogP) is 7.39. The summed E-state index contributed by atoms with van der Waals surface area (Å²) in [5, 5.41) is 11.4. The Balaban J connectivity index is 1.98. The van der Waals surface area contributed by atoms with Gasteiger partial charge in [-0.15, -0.1) is 0 Å². The second kappa shape index (κ2) is 9.77. The van der Waals surface area contributed by atoms with Crippen LogP contribution in [0.4, 0.5) is 24.5 Å². The zero-order valence-corrected chi connectivity index (χ0v) is 19.9. The van der Waals surface area contributed by atoms with E-state index >= 15 is 0 Å². The highest BCUT2D eigenvalue weighted by atomic mass is 127. The average Bonchev–Trinajstić information content (AvgIpc) is 2.75. The van der Waals surface area contributed by atoms with E-state index in [9.17, 15) is 23.3 Å². The number of nitrogens with zero attached hydrogens (tertiary/aromatic N) is 2. The molecule has 0 amide bonds. The molecule has 6 nitrogen and oxygen atoms in total. The molecular weight excluding hydrogens is 552 g/mol. The van der Waals surface area contributed by atoms with Gasteiger partial charge in [-0.25, -0.2) is 0 Å². The number of hydrogen-bond acceptors (Lipinski definition) is 5. The number of aryl methyl sites for hydroxylation is 2. The molecule has 0 aliphatic carbocycles. The molecule has 0 spiro atoms. The van der Waals surface area contributed by atoms with Crippen LogP contribution in [0.15, 0.2) is 53.5 Å². The van der Waals surface area contributed by atoms with E-state index in [0.29, 0.717) is 15.2 Å². The summed E-state index contributed by atoms with van der Waals surface area (Å²) in [6.45, 7) is 3.92. The predicted molar refractivity (Wildman–Crippen MR) is 127 cm³/mol. The second-order valence-electron chi connectivity index (χ2n) is 7.12. The van der Waals surface area contributed by atoms with Gasteiger partial charge in [0, 0.05) is 12.3 Å². The Bertz CT molecular complexity index is 1240.